The van der Waals surface area contributed by atoms with Gasteiger partial charge in [-0.05, 0) is 31.2 Å². The van der Waals surface area contributed by atoms with Crippen LogP contribution in [0.4, 0.5) is 0 Å². The molecule has 134 valence electrons. The van der Waals surface area contributed by atoms with Gasteiger partial charge in [-0.1, -0.05) is 18.2 Å². The fraction of sp³-hybridized carbons (Fsp3) is 0.333. The Labute approximate surface area is 152 Å². The van der Waals surface area contributed by atoms with Crippen LogP contribution < -0.4 is 14.4 Å². The van der Waals surface area contributed by atoms with Crippen molar-refractivity contribution in [1.82, 2.24) is 4.98 Å². The first-order valence-electron chi connectivity index (χ1n) is 9.20. The third-order valence-electron chi connectivity index (χ3n) is 5.51. The minimum absolute atomic E-state index is 0.240. The summed E-state index contributed by atoms with van der Waals surface area (Å²) >= 11 is 0. The second-order valence-electron chi connectivity index (χ2n) is 7.03. The molecule has 0 saturated carbocycles. The monoisotopic (exact) mass is 351 g/mol. The van der Waals surface area contributed by atoms with Crippen LogP contribution in [0.1, 0.15) is 22.9 Å². The molecule has 2 aromatic carbocycles. The number of ether oxygens (including phenoxy) is 3. The Morgan fingerprint density at radius 3 is 2.69 bits per heavy atom. The fourth-order valence-electron chi connectivity index (χ4n) is 4.29. The van der Waals surface area contributed by atoms with Gasteiger partial charge in [0.15, 0.2) is 11.5 Å². The van der Waals surface area contributed by atoms with E-state index in [1.807, 2.05) is 6.07 Å². The SMILES string of the molecule is Cc1[nH]c2ccccc2c1[C@H](c1ccc2c(c1)OCO2)[NH+]1CCOCC1. The Hall–Kier alpha value is -2.50. The molecule has 2 N–H and O–H groups in total. The normalized spacial score (nSPS) is 18.3. The number of aromatic nitrogens is 1. The summed E-state index contributed by atoms with van der Waals surface area (Å²) in [7, 11) is 0. The highest BCUT2D eigenvalue weighted by Gasteiger charge is 2.32. The number of benzene rings is 2. The summed E-state index contributed by atoms with van der Waals surface area (Å²) in [6.07, 6.45) is 0. The molecular weight excluding hydrogens is 328 g/mol. The molecule has 1 aromatic heterocycles. The van der Waals surface area contributed by atoms with Crippen molar-refractivity contribution >= 4 is 10.9 Å². The van der Waals surface area contributed by atoms with Gasteiger partial charge in [0, 0.05) is 27.7 Å². The lowest BCUT2D eigenvalue weighted by atomic mass is 9.94. The summed E-state index contributed by atoms with van der Waals surface area (Å²) in [6.45, 7) is 6.08. The van der Waals surface area contributed by atoms with E-state index >= 15 is 0 Å². The van der Waals surface area contributed by atoms with E-state index in [1.165, 1.54) is 32.6 Å². The number of quaternary nitrogens is 1. The van der Waals surface area contributed by atoms with Crippen LogP contribution in [0.25, 0.3) is 10.9 Å². The van der Waals surface area contributed by atoms with E-state index in [0.717, 1.165) is 37.8 Å². The van der Waals surface area contributed by atoms with Crippen LogP contribution in [-0.4, -0.2) is 38.1 Å². The molecule has 0 radical (unpaired) electrons. The number of rotatable bonds is 3. The Kier molecular flexibility index (Phi) is 3.84. The Bertz CT molecular complexity index is 944. The van der Waals surface area contributed by atoms with Crippen LogP contribution in [-0.2, 0) is 4.74 Å². The van der Waals surface area contributed by atoms with E-state index in [4.69, 9.17) is 14.2 Å². The van der Waals surface area contributed by atoms with Crippen LogP contribution in [0, 0.1) is 6.92 Å². The highest BCUT2D eigenvalue weighted by Crippen LogP contribution is 2.37. The molecule has 2 aliphatic rings. The predicted molar refractivity (Wildman–Crippen MR) is 99.0 cm³/mol. The van der Waals surface area contributed by atoms with Crippen molar-refractivity contribution in [3.05, 3.63) is 59.3 Å². The number of aromatic amines is 1. The molecule has 5 heteroatoms. The molecule has 5 nitrogen and oxygen atoms in total. The third-order valence-corrected chi connectivity index (χ3v) is 5.51. The molecule has 1 atom stereocenters. The summed E-state index contributed by atoms with van der Waals surface area (Å²) < 4.78 is 16.8. The zero-order valence-corrected chi connectivity index (χ0v) is 14.9. The van der Waals surface area contributed by atoms with Gasteiger partial charge in [0.2, 0.25) is 6.79 Å². The van der Waals surface area contributed by atoms with Gasteiger partial charge < -0.3 is 24.1 Å². The lowest BCUT2D eigenvalue weighted by molar-refractivity contribution is -0.933. The zero-order chi connectivity index (χ0) is 17.5. The number of aryl methyl sites for hydroxylation is 1. The van der Waals surface area contributed by atoms with E-state index < -0.39 is 0 Å². The van der Waals surface area contributed by atoms with Crippen LogP contribution in [0.15, 0.2) is 42.5 Å². The topological polar surface area (TPSA) is 47.9 Å². The molecule has 0 aliphatic carbocycles. The highest BCUT2D eigenvalue weighted by molar-refractivity contribution is 5.85. The van der Waals surface area contributed by atoms with Crippen molar-refractivity contribution in [2.45, 2.75) is 13.0 Å². The van der Waals surface area contributed by atoms with Crippen molar-refractivity contribution in [2.75, 3.05) is 33.1 Å². The fourth-order valence-corrected chi connectivity index (χ4v) is 4.29. The maximum atomic E-state index is 5.65. The van der Waals surface area contributed by atoms with Gasteiger partial charge in [-0.2, -0.15) is 0 Å². The van der Waals surface area contributed by atoms with Gasteiger partial charge >= 0.3 is 0 Å². The van der Waals surface area contributed by atoms with Crippen molar-refractivity contribution < 1.29 is 19.1 Å². The lowest BCUT2D eigenvalue weighted by Gasteiger charge is -2.32. The van der Waals surface area contributed by atoms with Gasteiger partial charge in [-0.15, -0.1) is 0 Å². The maximum Gasteiger partial charge on any atom is 0.231 e. The van der Waals surface area contributed by atoms with Gasteiger partial charge in [-0.3, -0.25) is 0 Å². The van der Waals surface area contributed by atoms with Gasteiger partial charge in [0.1, 0.15) is 19.1 Å². The summed E-state index contributed by atoms with van der Waals surface area (Å²) in [4.78, 5) is 5.10. The molecule has 3 aromatic rings. The van der Waals surface area contributed by atoms with Crippen molar-refractivity contribution in [1.29, 1.82) is 0 Å². The summed E-state index contributed by atoms with van der Waals surface area (Å²) in [5, 5.41) is 1.30. The van der Waals surface area contributed by atoms with Crippen LogP contribution in [0.3, 0.4) is 0 Å². The van der Waals surface area contributed by atoms with Crippen molar-refractivity contribution in [3.8, 4) is 11.5 Å². The zero-order valence-electron chi connectivity index (χ0n) is 14.9. The summed E-state index contributed by atoms with van der Waals surface area (Å²) in [5.74, 6) is 1.68. The molecule has 0 unspecified atom stereocenters. The molecule has 0 spiro atoms. The minimum Gasteiger partial charge on any atom is -0.454 e. The smallest absolute Gasteiger partial charge is 0.231 e. The Morgan fingerprint density at radius 2 is 1.81 bits per heavy atom. The molecular formula is C21H23N2O3+. The van der Waals surface area contributed by atoms with Gasteiger partial charge in [-0.25, -0.2) is 0 Å². The Balaban J connectivity index is 1.67. The molecule has 0 amide bonds. The average molecular weight is 351 g/mol. The van der Waals surface area contributed by atoms with Crippen LogP contribution >= 0.6 is 0 Å². The number of hydrogen-bond acceptors (Lipinski definition) is 3. The first-order chi connectivity index (χ1) is 12.8. The summed E-state index contributed by atoms with van der Waals surface area (Å²) in [5.41, 5.74) is 5.06. The molecule has 0 bridgehead atoms. The summed E-state index contributed by atoms with van der Waals surface area (Å²) in [6, 6.07) is 15.2. The molecule has 1 fully saturated rings. The second kappa shape index (κ2) is 6.34. The number of nitrogens with one attached hydrogen (secondary N) is 2. The van der Waals surface area contributed by atoms with Crippen molar-refractivity contribution in [2.24, 2.45) is 0 Å². The molecule has 2 aliphatic heterocycles. The molecule has 26 heavy (non-hydrogen) atoms. The second-order valence-corrected chi connectivity index (χ2v) is 7.03. The molecule has 3 heterocycles. The van der Waals surface area contributed by atoms with Crippen LogP contribution in [0.5, 0.6) is 11.5 Å². The van der Waals surface area contributed by atoms with Gasteiger partial charge in [0.25, 0.3) is 0 Å². The quantitative estimate of drug-likeness (QED) is 0.761. The average Bonchev–Trinajstić information content (AvgIpc) is 3.27. The molecule has 5 rings (SSSR count). The number of hydrogen-bond donors (Lipinski definition) is 2. The van der Waals surface area contributed by atoms with E-state index in [-0.39, 0.29) is 6.04 Å². The van der Waals surface area contributed by atoms with Gasteiger partial charge in [0.05, 0.1) is 13.2 Å². The number of para-hydroxylation sites is 1. The standard InChI is InChI=1S/C21H22N2O3/c1-14-20(16-4-2-3-5-17(16)22-14)21(23-8-10-24-11-9-23)15-6-7-18-19(12-15)26-13-25-18/h2-7,12,21-22H,8-11,13H2,1H3/p+1/t21-/m0/s1. The first-order valence-corrected chi connectivity index (χ1v) is 9.20. The number of morpholine rings is 1. The largest absolute Gasteiger partial charge is 0.454 e. The first kappa shape index (κ1) is 15.7. The minimum atomic E-state index is 0.240. The highest BCUT2D eigenvalue weighted by atomic mass is 16.7. The van der Waals surface area contributed by atoms with Crippen LogP contribution in [0.2, 0.25) is 0 Å². The number of H-pyrrole nitrogens is 1. The Morgan fingerprint density at radius 1 is 1.00 bits per heavy atom. The molecule has 1 saturated heterocycles. The predicted octanol–water partition coefficient (Wildman–Crippen LogP) is 2.21. The van der Waals surface area contributed by atoms with E-state index in [0.29, 0.717) is 6.79 Å². The van der Waals surface area contributed by atoms with E-state index in [9.17, 15) is 0 Å². The maximum absolute atomic E-state index is 5.65. The lowest BCUT2D eigenvalue weighted by Crippen LogP contribution is -3.14. The van der Waals surface area contributed by atoms with Crippen molar-refractivity contribution in [3.63, 3.8) is 0 Å². The number of fused-ring (bicyclic) bond motifs is 2. The van der Waals surface area contributed by atoms with E-state index in [2.05, 4.69) is 48.3 Å². The van der Waals surface area contributed by atoms with E-state index in [1.54, 1.807) is 0 Å². The third kappa shape index (κ3) is 2.55.